The van der Waals surface area contributed by atoms with Crippen molar-refractivity contribution in [2.24, 2.45) is 0 Å². The Hall–Kier alpha value is -3.42. The molecule has 1 aromatic heterocycles. The van der Waals surface area contributed by atoms with Gasteiger partial charge in [-0.15, -0.1) is 5.10 Å². The van der Waals surface area contributed by atoms with Crippen LogP contribution >= 0.6 is 0 Å². The molecular weight excluding hydrogens is 401 g/mol. The number of halogens is 1. The Morgan fingerprint density at radius 2 is 1.81 bits per heavy atom. The lowest BCUT2D eigenvalue weighted by atomic mass is 9.39. The standard InChI is InChI=1S/C23H22FN3O4/c1-14-3-6-16(7-4-14)30-21-27-26-20(31-21)22-11-23(12-22,13-22)25-19(28)10-29-17-8-5-15(2)18(24)9-17/h3-9H,10-13H2,1-2H3,(H,25,28). The molecule has 0 radical (unpaired) electrons. The van der Waals surface area contributed by atoms with Gasteiger partial charge in [0.05, 0.1) is 5.41 Å². The molecule has 3 fully saturated rings. The largest absolute Gasteiger partial charge is 0.484 e. The molecule has 6 rings (SSSR count). The summed E-state index contributed by atoms with van der Waals surface area (Å²) >= 11 is 0. The number of aryl methyl sites for hydroxylation is 2. The number of amides is 1. The maximum Gasteiger partial charge on any atom is 0.420 e. The molecule has 0 unspecified atom stereocenters. The van der Waals surface area contributed by atoms with Gasteiger partial charge in [0.1, 0.15) is 17.3 Å². The number of carbonyl (C=O) groups excluding carboxylic acids is 1. The van der Waals surface area contributed by atoms with Crippen LogP contribution in [0.1, 0.15) is 36.3 Å². The summed E-state index contributed by atoms with van der Waals surface area (Å²) in [6.45, 7) is 3.51. The number of benzene rings is 2. The lowest BCUT2D eigenvalue weighted by Crippen LogP contribution is -2.77. The predicted octanol–water partition coefficient (Wildman–Crippen LogP) is 3.99. The van der Waals surface area contributed by atoms with Gasteiger partial charge >= 0.3 is 6.08 Å². The molecule has 1 N–H and O–H groups in total. The number of nitrogens with zero attached hydrogens (tertiary/aromatic N) is 2. The highest BCUT2D eigenvalue weighted by atomic mass is 19.1. The average molecular weight is 423 g/mol. The van der Waals surface area contributed by atoms with Gasteiger partial charge in [-0.25, -0.2) is 4.39 Å². The number of hydrogen-bond donors (Lipinski definition) is 1. The molecule has 0 saturated heterocycles. The fourth-order valence-electron chi connectivity index (χ4n) is 4.46. The van der Waals surface area contributed by atoms with E-state index in [9.17, 15) is 9.18 Å². The van der Waals surface area contributed by atoms with Gasteiger partial charge < -0.3 is 19.2 Å². The van der Waals surface area contributed by atoms with Crippen molar-refractivity contribution in [1.82, 2.24) is 15.5 Å². The van der Waals surface area contributed by atoms with E-state index in [-0.39, 0.29) is 35.4 Å². The Labute approximate surface area is 178 Å². The molecule has 3 saturated carbocycles. The monoisotopic (exact) mass is 423 g/mol. The number of carbonyl (C=O) groups is 1. The van der Waals surface area contributed by atoms with E-state index in [4.69, 9.17) is 13.9 Å². The first kappa shape index (κ1) is 19.5. The fourth-order valence-corrected chi connectivity index (χ4v) is 4.46. The Morgan fingerprint density at radius 1 is 1.10 bits per heavy atom. The Morgan fingerprint density at radius 3 is 2.52 bits per heavy atom. The minimum absolute atomic E-state index is 0.111. The Balaban J connectivity index is 1.12. The summed E-state index contributed by atoms with van der Waals surface area (Å²) in [5.41, 5.74) is 1.21. The second-order valence-electron chi connectivity index (χ2n) is 8.63. The summed E-state index contributed by atoms with van der Waals surface area (Å²) in [7, 11) is 0. The van der Waals surface area contributed by atoms with Crippen LogP contribution in [0.4, 0.5) is 4.39 Å². The maximum absolute atomic E-state index is 13.6. The summed E-state index contributed by atoms with van der Waals surface area (Å²) in [5, 5.41) is 11.2. The summed E-state index contributed by atoms with van der Waals surface area (Å²) in [6.07, 6.45) is 2.31. The molecule has 31 heavy (non-hydrogen) atoms. The third kappa shape index (κ3) is 3.62. The van der Waals surface area contributed by atoms with Crippen molar-refractivity contribution in [2.75, 3.05) is 6.61 Å². The SMILES string of the molecule is Cc1ccc(Oc2nnc(C34CC(NC(=O)COc5ccc(C)c(F)c5)(C3)C4)o2)cc1. The number of hydrogen-bond acceptors (Lipinski definition) is 6. The van der Waals surface area contributed by atoms with Crippen LogP contribution < -0.4 is 14.8 Å². The van der Waals surface area contributed by atoms with Gasteiger partial charge in [-0.05, 0) is 56.9 Å². The Kier molecular flexibility index (Phi) is 4.46. The predicted molar refractivity (Wildman–Crippen MR) is 109 cm³/mol. The molecule has 0 aliphatic heterocycles. The molecule has 3 aliphatic rings. The first-order valence-corrected chi connectivity index (χ1v) is 10.1. The molecule has 0 atom stereocenters. The van der Waals surface area contributed by atoms with Gasteiger partial charge in [0.25, 0.3) is 5.91 Å². The minimum atomic E-state index is -0.357. The zero-order valence-electron chi connectivity index (χ0n) is 17.3. The molecule has 160 valence electrons. The van der Waals surface area contributed by atoms with Crippen LogP contribution in [0.2, 0.25) is 0 Å². The van der Waals surface area contributed by atoms with Crippen LogP contribution in [-0.4, -0.2) is 28.3 Å². The van der Waals surface area contributed by atoms with E-state index in [1.54, 1.807) is 19.1 Å². The summed E-state index contributed by atoms with van der Waals surface area (Å²) in [5.74, 6) is 0.916. The van der Waals surface area contributed by atoms with Gasteiger partial charge in [0, 0.05) is 11.6 Å². The van der Waals surface area contributed by atoms with Gasteiger partial charge in [-0.1, -0.05) is 28.9 Å². The normalized spacial score (nSPS) is 23.5. The van der Waals surface area contributed by atoms with Crippen LogP contribution in [0, 0.1) is 19.7 Å². The molecule has 3 aliphatic carbocycles. The van der Waals surface area contributed by atoms with Gasteiger partial charge in [0.2, 0.25) is 5.89 Å². The van der Waals surface area contributed by atoms with E-state index in [2.05, 4.69) is 15.5 Å². The molecule has 3 aromatic rings. The molecule has 2 aromatic carbocycles. The molecule has 0 spiro atoms. The zero-order valence-corrected chi connectivity index (χ0v) is 17.3. The third-order valence-electron chi connectivity index (χ3n) is 6.03. The van der Waals surface area contributed by atoms with Crippen LogP contribution in [-0.2, 0) is 10.2 Å². The average Bonchev–Trinajstić information content (AvgIpc) is 3.14. The molecule has 2 bridgehead atoms. The van der Waals surface area contributed by atoms with Crippen LogP contribution in [0.5, 0.6) is 17.6 Å². The lowest BCUT2D eigenvalue weighted by molar-refractivity contribution is -0.143. The van der Waals surface area contributed by atoms with Crippen molar-refractivity contribution in [3.8, 4) is 17.6 Å². The van der Waals surface area contributed by atoms with Gasteiger partial charge in [0.15, 0.2) is 6.61 Å². The van der Waals surface area contributed by atoms with Crippen molar-refractivity contribution in [1.29, 1.82) is 0 Å². The summed E-state index contributed by atoms with van der Waals surface area (Å²) in [6, 6.07) is 12.1. The number of rotatable bonds is 7. The van der Waals surface area contributed by atoms with E-state index >= 15 is 0 Å². The molecule has 1 heterocycles. The molecule has 1 amide bonds. The Bertz CT molecular complexity index is 1120. The quantitative estimate of drug-likeness (QED) is 0.619. The molecular formula is C23H22FN3O4. The number of aromatic nitrogens is 2. The minimum Gasteiger partial charge on any atom is -0.484 e. The highest BCUT2D eigenvalue weighted by Crippen LogP contribution is 2.67. The van der Waals surface area contributed by atoms with E-state index in [1.807, 2.05) is 31.2 Å². The second kappa shape index (κ2) is 7.08. The van der Waals surface area contributed by atoms with E-state index in [1.165, 1.54) is 6.07 Å². The van der Waals surface area contributed by atoms with E-state index in [0.717, 1.165) is 24.8 Å². The van der Waals surface area contributed by atoms with Crippen molar-refractivity contribution >= 4 is 5.91 Å². The number of nitrogens with one attached hydrogen (secondary N) is 1. The fraction of sp³-hybridized carbons (Fsp3) is 0.348. The van der Waals surface area contributed by atoms with Crippen LogP contribution in [0.25, 0.3) is 0 Å². The van der Waals surface area contributed by atoms with Crippen LogP contribution in [0.3, 0.4) is 0 Å². The lowest BCUT2D eigenvalue weighted by Gasteiger charge is -2.68. The van der Waals surface area contributed by atoms with E-state index < -0.39 is 0 Å². The first-order valence-electron chi connectivity index (χ1n) is 10.1. The number of ether oxygens (including phenoxy) is 2. The van der Waals surface area contributed by atoms with Gasteiger partial charge in [-0.2, -0.15) is 0 Å². The van der Waals surface area contributed by atoms with Crippen LogP contribution in [0.15, 0.2) is 46.9 Å². The molecule has 8 heteroatoms. The zero-order chi connectivity index (χ0) is 21.6. The van der Waals surface area contributed by atoms with Crippen molar-refractivity contribution < 1.29 is 23.1 Å². The highest BCUT2D eigenvalue weighted by Gasteiger charge is 2.71. The molecule has 7 nitrogen and oxygen atoms in total. The van der Waals surface area contributed by atoms with Crippen molar-refractivity contribution in [3.05, 3.63) is 65.3 Å². The topological polar surface area (TPSA) is 86.5 Å². The highest BCUT2D eigenvalue weighted by molar-refractivity contribution is 5.79. The second-order valence-corrected chi connectivity index (χ2v) is 8.63. The van der Waals surface area contributed by atoms with Crippen molar-refractivity contribution in [2.45, 2.75) is 44.1 Å². The van der Waals surface area contributed by atoms with E-state index in [0.29, 0.717) is 23.0 Å². The van der Waals surface area contributed by atoms with Gasteiger partial charge in [-0.3, -0.25) is 4.79 Å². The third-order valence-corrected chi connectivity index (χ3v) is 6.03. The summed E-state index contributed by atoms with van der Waals surface area (Å²) < 4.78 is 30.3. The first-order chi connectivity index (χ1) is 14.8. The smallest absolute Gasteiger partial charge is 0.420 e. The van der Waals surface area contributed by atoms with Crippen molar-refractivity contribution in [3.63, 3.8) is 0 Å². The maximum atomic E-state index is 13.6. The summed E-state index contributed by atoms with van der Waals surface area (Å²) in [4.78, 5) is 12.3.